The number of nitrogens with zero attached hydrogens (tertiary/aromatic N) is 4. The number of aryl methyl sites for hydroxylation is 1. The Kier molecular flexibility index (Phi) is 13.4. The molecule has 2 aromatic rings. The molecule has 1 atom stereocenters. The topological polar surface area (TPSA) is 124 Å². The van der Waals surface area contributed by atoms with Crippen LogP contribution in [0.15, 0.2) is 29.3 Å². The van der Waals surface area contributed by atoms with Crippen LogP contribution in [-0.4, -0.2) is 47.1 Å². The molecule has 0 fully saturated rings. The van der Waals surface area contributed by atoms with E-state index in [0.717, 1.165) is 38.2 Å². The molecule has 0 spiro atoms. The number of benzene rings is 1. The number of nitrogen functional groups attached to an aromatic ring is 1. The molecule has 0 radical (unpaired) electrons. The van der Waals surface area contributed by atoms with Gasteiger partial charge in [-0.05, 0) is 62.8 Å². The number of nitrogens with one attached hydrogen (secondary N) is 2. The second-order valence-corrected chi connectivity index (χ2v) is 7.62. The van der Waals surface area contributed by atoms with Gasteiger partial charge in [0.05, 0.1) is 11.4 Å². The minimum absolute atomic E-state index is 0. The van der Waals surface area contributed by atoms with Crippen molar-refractivity contribution < 1.29 is 9.50 Å². The van der Waals surface area contributed by atoms with Gasteiger partial charge in [-0.3, -0.25) is 4.99 Å². The zero-order chi connectivity index (χ0) is 23.3. The van der Waals surface area contributed by atoms with Crippen LogP contribution in [0.3, 0.4) is 0 Å². The van der Waals surface area contributed by atoms with E-state index in [0.29, 0.717) is 42.4 Å². The molecule has 1 heterocycles. The quantitative estimate of drug-likeness (QED) is 0.134. The molecule has 0 bridgehead atoms. The summed E-state index contributed by atoms with van der Waals surface area (Å²) in [4.78, 5) is 4.65. The maximum Gasteiger partial charge on any atom is 0.191 e. The summed E-state index contributed by atoms with van der Waals surface area (Å²) in [7, 11) is 0. The lowest BCUT2D eigenvalue weighted by molar-refractivity contribution is 0.253. The van der Waals surface area contributed by atoms with Gasteiger partial charge >= 0.3 is 0 Å². The number of hydrogen-bond donors (Lipinski definition) is 4. The van der Waals surface area contributed by atoms with Crippen LogP contribution in [0, 0.1) is 23.1 Å². The fourth-order valence-corrected chi connectivity index (χ4v) is 3.50. The highest BCUT2D eigenvalue weighted by atomic mass is 127. The van der Waals surface area contributed by atoms with Crippen LogP contribution in [0.4, 0.5) is 10.2 Å². The molecule has 5 N–H and O–H groups in total. The van der Waals surface area contributed by atoms with Crippen molar-refractivity contribution in [2.75, 3.05) is 32.0 Å². The van der Waals surface area contributed by atoms with Crippen molar-refractivity contribution in [2.45, 2.75) is 46.0 Å². The van der Waals surface area contributed by atoms with Gasteiger partial charge in [0.2, 0.25) is 0 Å². The number of halogens is 2. The fourth-order valence-electron chi connectivity index (χ4n) is 3.50. The molecule has 1 unspecified atom stereocenters. The monoisotopic (exact) mass is 571 g/mol. The van der Waals surface area contributed by atoms with Crippen LogP contribution >= 0.6 is 24.0 Å². The Morgan fingerprint density at radius 3 is 2.61 bits per heavy atom. The first-order valence-corrected chi connectivity index (χ1v) is 11.2. The summed E-state index contributed by atoms with van der Waals surface area (Å²) in [5, 5.41) is 29.8. The number of rotatable bonds is 12. The number of aliphatic hydroxyl groups is 1. The number of aliphatic imine (C=N–C) groups is 1. The maximum absolute atomic E-state index is 13.2. The highest BCUT2D eigenvalue weighted by Crippen LogP contribution is 2.21. The van der Waals surface area contributed by atoms with E-state index in [1.165, 1.54) is 16.8 Å². The average molecular weight is 571 g/mol. The summed E-state index contributed by atoms with van der Waals surface area (Å²) in [5.41, 5.74) is 7.69. The van der Waals surface area contributed by atoms with Crippen molar-refractivity contribution in [1.82, 2.24) is 20.4 Å². The van der Waals surface area contributed by atoms with Crippen LogP contribution in [0.5, 0.6) is 0 Å². The van der Waals surface area contributed by atoms with Crippen molar-refractivity contribution in [3.05, 3.63) is 41.3 Å². The van der Waals surface area contributed by atoms with E-state index in [9.17, 15) is 14.8 Å². The minimum Gasteiger partial charge on any atom is -0.396 e. The van der Waals surface area contributed by atoms with Gasteiger partial charge < -0.3 is 21.5 Å². The lowest BCUT2D eigenvalue weighted by Gasteiger charge is -2.15. The minimum atomic E-state index is -0.346. The Balaban J connectivity index is 0.00000544. The standard InChI is InChI=1S/C23H34FN7O.HI/c1-3-6-17(12-14-32)16-29-23(27-4-2)28-13-5-7-21-20(15-25)22(26)31(30-21)19-10-8-18(24)9-11-19;/h8-11,17,32H,3-7,12-14,16,26H2,1-2H3,(H2,27,28,29);1H. The van der Waals surface area contributed by atoms with Crippen molar-refractivity contribution >= 4 is 35.8 Å². The number of anilines is 1. The van der Waals surface area contributed by atoms with Gasteiger partial charge in [0.25, 0.3) is 0 Å². The second-order valence-electron chi connectivity index (χ2n) is 7.62. The van der Waals surface area contributed by atoms with E-state index in [-0.39, 0.29) is 42.2 Å². The Bertz CT molecular complexity index is 903. The molecule has 0 saturated heterocycles. The SMILES string of the molecule is CCCC(CCO)CN=C(NCC)NCCCc1nn(-c2ccc(F)cc2)c(N)c1C#N.I. The third kappa shape index (κ3) is 8.81. The van der Waals surface area contributed by atoms with E-state index in [2.05, 4.69) is 33.7 Å². The number of hydrogen-bond acceptors (Lipinski definition) is 5. The van der Waals surface area contributed by atoms with Gasteiger partial charge in [0, 0.05) is 26.2 Å². The van der Waals surface area contributed by atoms with E-state index in [4.69, 9.17) is 5.73 Å². The normalized spacial score (nSPS) is 12.0. The summed E-state index contributed by atoms with van der Waals surface area (Å²) < 4.78 is 14.7. The van der Waals surface area contributed by atoms with E-state index in [1.807, 2.05) is 6.92 Å². The third-order valence-electron chi connectivity index (χ3n) is 5.15. The number of nitriles is 1. The Labute approximate surface area is 212 Å². The van der Waals surface area contributed by atoms with Gasteiger partial charge in [-0.1, -0.05) is 13.3 Å². The van der Waals surface area contributed by atoms with Gasteiger partial charge in [-0.15, -0.1) is 24.0 Å². The summed E-state index contributed by atoms with van der Waals surface area (Å²) in [5.74, 6) is 1.02. The van der Waals surface area contributed by atoms with Crippen LogP contribution in [0.1, 0.15) is 50.8 Å². The molecule has 0 aliphatic carbocycles. The molecule has 0 aliphatic rings. The Morgan fingerprint density at radius 2 is 2.00 bits per heavy atom. The maximum atomic E-state index is 13.2. The summed E-state index contributed by atoms with van der Waals surface area (Å²) >= 11 is 0. The van der Waals surface area contributed by atoms with E-state index >= 15 is 0 Å². The number of guanidine groups is 1. The lowest BCUT2D eigenvalue weighted by atomic mass is 10.0. The molecule has 1 aromatic heterocycles. The Morgan fingerprint density at radius 1 is 1.27 bits per heavy atom. The highest BCUT2D eigenvalue weighted by Gasteiger charge is 2.16. The first kappa shape index (κ1) is 28.6. The molecule has 8 nitrogen and oxygen atoms in total. The molecule has 2 rings (SSSR count). The fraction of sp³-hybridized carbons (Fsp3) is 0.522. The van der Waals surface area contributed by atoms with Crippen LogP contribution in [0.25, 0.3) is 5.69 Å². The molecule has 1 aromatic carbocycles. The van der Waals surface area contributed by atoms with Crippen LogP contribution in [-0.2, 0) is 6.42 Å². The molecule has 33 heavy (non-hydrogen) atoms. The molecule has 0 aliphatic heterocycles. The smallest absolute Gasteiger partial charge is 0.191 e. The van der Waals surface area contributed by atoms with Crippen LogP contribution in [0.2, 0.25) is 0 Å². The van der Waals surface area contributed by atoms with Crippen molar-refractivity contribution in [1.29, 1.82) is 5.26 Å². The van der Waals surface area contributed by atoms with Gasteiger partial charge in [0.1, 0.15) is 23.3 Å². The molecule has 0 saturated carbocycles. The van der Waals surface area contributed by atoms with Gasteiger partial charge in [0.15, 0.2) is 5.96 Å². The Hall–Kier alpha value is -2.39. The van der Waals surface area contributed by atoms with E-state index < -0.39 is 0 Å². The van der Waals surface area contributed by atoms with Gasteiger partial charge in [-0.2, -0.15) is 10.4 Å². The highest BCUT2D eigenvalue weighted by molar-refractivity contribution is 14.0. The number of aliphatic hydroxyl groups excluding tert-OH is 1. The number of aromatic nitrogens is 2. The second kappa shape index (κ2) is 15.4. The van der Waals surface area contributed by atoms with Crippen molar-refractivity contribution in [3.63, 3.8) is 0 Å². The van der Waals surface area contributed by atoms with Crippen molar-refractivity contribution in [3.8, 4) is 11.8 Å². The molecule has 182 valence electrons. The number of nitrogens with two attached hydrogens (primary N) is 1. The molecule has 10 heteroatoms. The molecule has 0 amide bonds. The average Bonchev–Trinajstić information content (AvgIpc) is 3.10. The largest absolute Gasteiger partial charge is 0.396 e. The summed E-state index contributed by atoms with van der Waals surface area (Å²) in [6.07, 6.45) is 4.16. The first-order valence-electron chi connectivity index (χ1n) is 11.2. The summed E-state index contributed by atoms with van der Waals surface area (Å²) in [6.45, 7) is 6.40. The zero-order valence-corrected chi connectivity index (χ0v) is 21.7. The lowest BCUT2D eigenvalue weighted by Crippen LogP contribution is -2.38. The van der Waals surface area contributed by atoms with Crippen LogP contribution < -0.4 is 16.4 Å². The third-order valence-corrected chi connectivity index (χ3v) is 5.15. The predicted molar refractivity (Wildman–Crippen MR) is 140 cm³/mol. The molecular formula is C23H35FIN7O. The summed E-state index contributed by atoms with van der Waals surface area (Å²) in [6, 6.07) is 7.95. The predicted octanol–water partition coefficient (Wildman–Crippen LogP) is 3.37. The molecular weight excluding hydrogens is 536 g/mol. The first-order chi connectivity index (χ1) is 15.5. The van der Waals surface area contributed by atoms with E-state index in [1.54, 1.807) is 12.1 Å². The van der Waals surface area contributed by atoms with Crippen molar-refractivity contribution in [2.24, 2.45) is 10.9 Å². The zero-order valence-electron chi connectivity index (χ0n) is 19.4. The van der Waals surface area contributed by atoms with Gasteiger partial charge in [-0.25, -0.2) is 9.07 Å².